The quantitative estimate of drug-likeness (QED) is 0.909. The third kappa shape index (κ3) is 4.01. The molecule has 1 atom stereocenters. The van der Waals surface area contributed by atoms with Gasteiger partial charge in [-0.15, -0.1) is 0 Å². The fraction of sp³-hybridized carbons (Fsp3) is 0.611. The zero-order chi connectivity index (χ0) is 15.3. The Hall–Kier alpha value is -1.55. The Morgan fingerprint density at radius 2 is 2.00 bits per heavy atom. The van der Waals surface area contributed by atoms with Gasteiger partial charge in [-0.05, 0) is 31.4 Å². The second kappa shape index (κ2) is 7.14. The summed E-state index contributed by atoms with van der Waals surface area (Å²) in [6.45, 7) is 1.07. The Bertz CT molecular complexity index is 482. The van der Waals surface area contributed by atoms with Gasteiger partial charge in [0.2, 0.25) is 5.91 Å². The van der Waals surface area contributed by atoms with E-state index in [-0.39, 0.29) is 17.6 Å². The van der Waals surface area contributed by atoms with E-state index in [9.17, 15) is 4.79 Å². The highest BCUT2D eigenvalue weighted by molar-refractivity contribution is 5.76. The van der Waals surface area contributed by atoms with Crippen molar-refractivity contribution in [1.29, 1.82) is 0 Å². The number of benzene rings is 1. The van der Waals surface area contributed by atoms with Gasteiger partial charge in [-0.2, -0.15) is 0 Å². The third-order valence-electron chi connectivity index (χ3n) is 4.68. The van der Waals surface area contributed by atoms with Crippen molar-refractivity contribution >= 4 is 5.91 Å². The first-order valence-corrected chi connectivity index (χ1v) is 8.37. The van der Waals surface area contributed by atoms with Gasteiger partial charge in [0.05, 0.1) is 31.3 Å². The molecule has 120 valence electrons. The maximum absolute atomic E-state index is 12.0. The van der Waals surface area contributed by atoms with Crippen LogP contribution in [-0.4, -0.2) is 30.8 Å². The number of para-hydroxylation sites is 1. The summed E-state index contributed by atoms with van der Waals surface area (Å²) in [6.07, 6.45) is 7.49. The summed E-state index contributed by atoms with van der Waals surface area (Å²) < 4.78 is 11.6. The van der Waals surface area contributed by atoms with Crippen molar-refractivity contribution in [3.8, 4) is 5.75 Å². The molecule has 0 radical (unpaired) electrons. The molecule has 1 aliphatic carbocycles. The van der Waals surface area contributed by atoms with Crippen molar-refractivity contribution in [1.82, 2.24) is 5.32 Å². The first-order chi connectivity index (χ1) is 10.8. The van der Waals surface area contributed by atoms with E-state index in [0.29, 0.717) is 19.6 Å². The van der Waals surface area contributed by atoms with Crippen LogP contribution in [0.5, 0.6) is 5.75 Å². The van der Waals surface area contributed by atoms with Gasteiger partial charge in [-0.3, -0.25) is 4.79 Å². The van der Waals surface area contributed by atoms with Gasteiger partial charge < -0.3 is 14.8 Å². The number of carbonyl (C=O) groups excluding carboxylic acids is 1. The van der Waals surface area contributed by atoms with Crippen LogP contribution in [0.25, 0.3) is 0 Å². The van der Waals surface area contributed by atoms with E-state index in [0.717, 1.165) is 25.0 Å². The summed E-state index contributed by atoms with van der Waals surface area (Å²) in [4.78, 5) is 12.0. The number of amides is 1. The van der Waals surface area contributed by atoms with Gasteiger partial charge in [0.15, 0.2) is 0 Å². The molecular formula is C18H25NO3. The molecule has 4 heteroatoms. The lowest BCUT2D eigenvalue weighted by molar-refractivity contribution is -0.122. The minimum absolute atomic E-state index is 0.0523. The van der Waals surface area contributed by atoms with E-state index >= 15 is 0 Å². The lowest BCUT2D eigenvalue weighted by Crippen LogP contribution is -2.37. The molecule has 1 aromatic rings. The summed E-state index contributed by atoms with van der Waals surface area (Å²) in [5.74, 6) is 0.859. The van der Waals surface area contributed by atoms with Crippen LogP contribution in [0.15, 0.2) is 30.3 Å². The molecule has 0 aromatic heterocycles. The van der Waals surface area contributed by atoms with Gasteiger partial charge in [-0.25, -0.2) is 0 Å². The molecule has 1 unspecified atom stereocenters. The molecule has 4 nitrogen and oxygen atoms in total. The number of nitrogens with one attached hydrogen (secondary N) is 1. The van der Waals surface area contributed by atoms with Crippen molar-refractivity contribution in [3.63, 3.8) is 0 Å². The lowest BCUT2D eigenvalue weighted by atomic mass is 9.82. The van der Waals surface area contributed by atoms with E-state index in [1.807, 2.05) is 30.3 Å². The van der Waals surface area contributed by atoms with Crippen LogP contribution in [0.1, 0.15) is 44.9 Å². The van der Waals surface area contributed by atoms with Gasteiger partial charge in [-0.1, -0.05) is 37.5 Å². The normalized spacial score (nSPS) is 23.4. The molecule has 1 saturated carbocycles. The predicted octanol–water partition coefficient (Wildman–Crippen LogP) is 3.06. The van der Waals surface area contributed by atoms with Crippen LogP contribution in [0, 0.1) is 0 Å². The van der Waals surface area contributed by atoms with Crippen LogP contribution in [0.2, 0.25) is 0 Å². The molecular weight excluding hydrogens is 278 g/mol. The SMILES string of the molecule is O=C(CCOc1ccccc1)NC1COC2(CCCCC2)C1. The minimum atomic E-state index is 0.0523. The Morgan fingerprint density at radius 1 is 1.23 bits per heavy atom. The Kier molecular flexibility index (Phi) is 4.98. The lowest BCUT2D eigenvalue weighted by Gasteiger charge is -2.32. The van der Waals surface area contributed by atoms with Crippen LogP contribution in [0.4, 0.5) is 0 Å². The van der Waals surface area contributed by atoms with Gasteiger partial charge in [0.1, 0.15) is 5.75 Å². The van der Waals surface area contributed by atoms with Crippen molar-refractivity contribution < 1.29 is 14.3 Å². The molecule has 2 aliphatic rings. The van der Waals surface area contributed by atoms with Crippen molar-refractivity contribution in [3.05, 3.63) is 30.3 Å². The molecule has 1 saturated heterocycles. The first-order valence-electron chi connectivity index (χ1n) is 8.37. The van der Waals surface area contributed by atoms with E-state index in [2.05, 4.69) is 5.32 Å². The molecule has 1 heterocycles. The maximum atomic E-state index is 12.0. The first kappa shape index (κ1) is 15.3. The highest BCUT2D eigenvalue weighted by Crippen LogP contribution is 2.39. The Labute approximate surface area is 132 Å². The summed E-state index contributed by atoms with van der Waals surface area (Å²) in [5, 5.41) is 3.09. The van der Waals surface area contributed by atoms with Crippen LogP contribution < -0.4 is 10.1 Å². The van der Waals surface area contributed by atoms with E-state index < -0.39 is 0 Å². The number of carbonyl (C=O) groups is 1. The standard InChI is InChI=1S/C18H25NO3/c20-17(9-12-21-16-7-3-1-4-8-16)19-15-13-18(22-14-15)10-5-2-6-11-18/h1,3-4,7-8,15H,2,5-6,9-14H2,(H,19,20). The number of hydrogen-bond acceptors (Lipinski definition) is 3. The molecule has 0 bridgehead atoms. The van der Waals surface area contributed by atoms with Gasteiger partial charge in [0.25, 0.3) is 0 Å². The highest BCUT2D eigenvalue weighted by atomic mass is 16.5. The Morgan fingerprint density at radius 3 is 2.77 bits per heavy atom. The molecule has 1 N–H and O–H groups in total. The second-order valence-electron chi connectivity index (χ2n) is 6.43. The van der Waals surface area contributed by atoms with Gasteiger partial charge in [0, 0.05) is 0 Å². The molecule has 1 aliphatic heterocycles. The molecule has 1 aromatic carbocycles. The zero-order valence-corrected chi connectivity index (χ0v) is 13.1. The second-order valence-corrected chi connectivity index (χ2v) is 6.43. The third-order valence-corrected chi connectivity index (χ3v) is 4.68. The number of rotatable bonds is 5. The van der Waals surface area contributed by atoms with Crippen molar-refractivity contribution in [2.24, 2.45) is 0 Å². The summed E-state index contributed by atoms with van der Waals surface area (Å²) in [5.41, 5.74) is 0.0523. The summed E-state index contributed by atoms with van der Waals surface area (Å²) in [6, 6.07) is 9.76. The smallest absolute Gasteiger partial charge is 0.223 e. The highest BCUT2D eigenvalue weighted by Gasteiger charge is 2.41. The minimum Gasteiger partial charge on any atom is -0.493 e. The molecule has 3 rings (SSSR count). The largest absolute Gasteiger partial charge is 0.493 e. The van der Waals surface area contributed by atoms with E-state index in [4.69, 9.17) is 9.47 Å². The van der Waals surface area contributed by atoms with Crippen molar-refractivity contribution in [2.45, 2.75) is 56.6 Å². The van der Waals surface area contributed by atoms with Crippen LogP contribution in [0.3, 0.4) is 0 Å². The van der Waals surface area contributed by atoms with E-state index in [1.54, 1.807) is 0 Å². The van der Waals surface area contributed by atoms with Crippen LogP contribution >= 0.6 is 0 Å². The Balaban J connectivity index is 1.37. The predicted molar refractivity (Wildman–Crippen MR) is 84.9 cm³/mol. The molecule has 1 spiro atoms. The number of ether oxygens (including phenoxy) is 2. The van der Waals surface area contributed by atoms with E-state index in [1.165, 1.54) is 19.3 Å². The maximum Gasteiger partial charge on any atom is 0.223 e. The van der Waals surface area contributed by atoms with Gasteiger partial charge >= 0.3 is 0 Å². The molecule has 2 fully saturated rings. The molecule has 22 heavy (non-hydrogen) atoms. The topological polar surface area (TPSA) is 47.6 Å². The average Bonchev–Trinajstić information content (AvgIpc) is 2.91. The summed E-state index contributed by atoms with van der Waals surface area (Å²) in [7, 11) is 0. The molecule has 1 amide bonds. The average molecular weight is 303 g/mol. The fourth-order valence-corrected chi connectivity index (χ4v) is 3.56. The zero-order valence-electron chi connectivity index (χ0n) is 13.1. The van der Waals surface area contributed by atoms with Crippen LogP contribution in [-0.2, 0) is 9.53 Å². The fourth-order valence-electron chi connectivity index (χ4n) is 3.56. The summed E-state index contributed by atoms with van der Waals surface area (Å²) >= 11 is 0. The van der Waals surface area contributed by atoms with Crippen molar-refractivity contribution in [2.75, 3.05) is 13.2 Å². The number of hydrogen-bond donors (Lipinski definition) is 1. The monoisotopic (exact) mass is 303 g/mol.